The molecular formula is C18H16N6OS3. The van der Waals surface area contributed by atoms with Crippen LogP contribution in [0.15, 0.2) is 41.1 Å². The minimum absolute atomic E-state index is 0.147. The van der Waals surface area contributed by atoms with Crippen LogP contribution in [0.5, 0.6) is 0 Å². The smallest absolute Gasteiger partial charge is 0.227 e. The number of amides is 1. The van der Waals surface area contributed by atoms with E-state index in [2.05, 4.69) is 25.7 Å². The van der Waals surface area contributed by atoms with Gasteiger partial charge in [-0.3, -0.25) is 14.5 Å². The highest BCUT2D eigenvalue weighted by Gasteiger charge is 2.13. The van der Waals surface area contributed by atoms with Crippen molar-refractivity contribution in [1.29, 1.82) is 0 Å². The average molecular weight is 429 g/mol. The van der Waals surface area contributed by atoms with Crippen molar-refractivity contribution in [3.8, 4) is 22.0 Å². The summed E-state index contributed by atoms with van der Waals surface area (Å²) in [7, 11) is 0. The molecule has 0 spiro atoms. The Balaban J connectivity index is 1.43. The average Bonchev–Trinajstić information content (AvgIpc) is 3.41. The molecule has 10 heteroatoms. The summed E-state index contributed by atoms with van der Waals surface area (Å²) in [6, 6.07) is 9.98. The molecule has 4 rings (SSSR count). The normalized spacial score (nSPS) is 10.9. The molecule has 0 saturated heterocycles. The van der Waals surface area contributed by atoms with Gasteiger partial charge in [0.1, 0.15) is 5.01 Å². The van der Waals surface area contributed by atoms with Crippen LogP contribution in [0.3, 0.4) is 0 Å². The van der Waals surface area contributed by atoms with Crippen LogP contribution < -0.4 is 5.32 Å². The molecule has 142 valence electrons. The third-order valence-electron chi connectivity index (χ3n) is 4.04. The third kappa shape index (κ3) is 4.08. The Hall–Kier alpha value is -2.69. The van der Waals surface area contributed by atoms with Crippen LogP contribution >= 0.6 is 34.9 Å². The fourth-order valence-corrected chi connectivity index (χ4v) is 4.40. The molecular weight excluding hydrogens is 412 g/mol. The van der Waals surface area contributed by atoms with Crippen molar-refractivity contribution in [2.75, 3.05) is 5.32 Å². The number of aryl methyl sites for hydroxylation is 1. The van der Waals surface area contributed by atoms with E-state index in [-0.39, 0.29) is 12.3 Å². The molecule has 28 heavy (non-hydrogen) atoms. The van der Waals surface area contributed by atoms with Gasteiger partial charge in [-0.15, -0.1) is 10.2 Å². The summed E-state index contributed by atoms with van der Waals surface area (Å²) in [6.07, 6.45) is 0.250. The molecule has 3 aromatic heterocycles. The number of aromatic amines is 1. The first-order valence-electron chi connectivity index (χ1n) is 8.48. The maximum atomic E-state index is 12.4. The first-order chi connectivity index (χ1) is 13.6. The van der Waals surface area contributed by atoms with Gasteiger partial charge < -0.3 is 5.32 Å². The number of nitrogens with zero attached hydrogens (tertiary/aromatic N) is 4. The molecule has 3 heterocycles. The summed E-state index contributed by atoms with van der Waals surface area (Å²) >= 11 is 8.28. The van der Waals surface area contributed by atoms with Crippen LogP contribution in [0.4, 0.5) is 5.13 Å². The molecule has 1 aromatic carbocycles. The van der Waals surface area contributed by atoms with Crippen molar-refractivity contribution < 1.29 is 4.79 Å². The number of rotatable bonds is 6. The van der Waals surface area contributed by atoms with Crippen LogP contribution in [-0.2, 0) is 11.3 Å². The van der Waals surface area contributed by atoms with Gasteiger partial charge in [-0.05, 0) is 36.7 Å². The van der Waals surface area contributed by atoms with E-state index in [1.807, 2.05) is 52.6 Å². The minimum atomic E-state index is -0.147. The first kappa shape index (κ1) is 18.7. The molecule has 0 fully saturated rings. The van der Waals surface area contributed by atoms with Crippen molar-refractivity contribution in [2.45, 2.75) is 19.9 Å². The summed E-state index contributed by atoms with van der Waals surface area (Å²) in [6.45, 7) is 2.44. The number of benzene rings is 1. The zero-order valence-corrected chi connectivity index (χ0v) is 17.3. The molecule has 7 nitrogen and oxygen atoms in total. The third-order valence-corrected chi connectivity index (χ3v) is 5.92. The van der Waals surface area contributed by atoms with E-state index in [4.69, 9.17) is 12.2 Å². The number of hydrogen-bond acceptors (Lipinski definition) is 7. The Labute approximate surface area is 174 Å². The topological polar surface area (TPSA) is 88.5 Å². The maximum absolute atomic E-state index is 12.4. The monoisotopic (exact) mass is 428 g/mol. The molecule has 0 aliphatic heterocycles. The van der Waals surface area contributed by atoms with E-state index in [0.717, 1.165) is 27.5 Å². The Morgan fingerprint density at radius 1 is 1.29 bits per heavy atom. The van der Waals surface area contributed by atoms with E-state index in [1.165, 1.54) is 11.3 Å². The van der Waals surface area contributed by atoms with Gasteiger partial charge in [-0.1, -0.05) is 35.1 Å². The molecule has 0 aliphatic rings. The Morgan fingerprint density at radius 2 is 2.18 bits per heavy atom. The molecule has 0 aliphatic carbocycles. The van der Waals surface area contributed by atoms with Gasteiger partial charge in [0.05, 0.1) is 0 Å². The second kappa shape index (κ2) is 8.13. The lowest BCUT2D eigenvalue weighted by Gasteiger charge is -2.07. The summed E-state index contributed by atoms with van der Waals surface area (Å²) in [5, 5.41) is 23.4. The van der Waals surface area contributed by atoms with E-state index in [9.17, 15) is 4.79 Å². The fourth-order valence-electron chi connectivity index (χ4n) is 2.70. The van der Waals surface area contributed by atoms with Gasteiger partial charge in [0.15, 0.2) is 10.6 Å². The van der Waals surface area contributed by atoms with Gasteiger partial charge in [0.25, 0.3) is 0 Å². The van der Waals surface area contributed by atoms with Gasteiger partial charge in [0, 0.05) is 29.5 Å². The number of thiophene rings is 1. The van der Waals surface area contributed by atoms with E-state index < -0.39 is 0 Å². The van der Waals surface area contributed by atoms with Gasteiger partial charge in [-0.25, -0.2) is 0 Å². The Kier molecular flexibility index (Phi) is 5.42. The predicted octanol–water partition coefficient (Wildman–Crippen LogP) is 4.52. The maximum Gasteiger partial charge on any atom is 0.227 e. The standard InChI is InChI=1S/C18H16N6OS3/c1-11-3-2-4-12(9-11)15-20-23-18(26)24(15)7-5-14(25)19-17-22-21-16(28-17)13-6-8-27-10-13/h2-4,6,8-10H,5,7H2,1H3,(H,23,26)(H,19,22,25). The highest BCUT2D eigenvalue weighted by atomic mass is 32.1. The SMILES string of the molecule is Cc1cccc(-c2n[nH]c(=S)n2CCC(=O)Nc2nnc(-c3ccsc3)s2)c1. The summed E-state index contributed by atoms with van der Waals surface area (Å²) < 4.78 is 2.32. The van der Waals surface area contributed by atoms with Crippen LogP contribution in [0.2, 0.25) is 0 Å². The highest BCUT2D eigenvalue weighted by Crippen LogP contribution is 2.28. The van der Waals surface area contributed by atoms with Gasteiger partial charge in [0.2, 0.25) is 11.0 Å². The first-order valence-corrected chi connectivity index (χ1v) is 10.6. The lowest BCUT2D eigenvalue weighted by Crippen LogP contribution is -2.15. The quantitative estimate of drug-likeness (QED) is 0.441. The fraction of sp³-hybridized carbons (Fsp3) is 0.167. The number of hydrogen-bond donors (Lipinski definition) is 2. The van der Waals surface area contributed by atoms with Crippen molar-refractivity contribution in [3.63, 3.8) is 0 Å². The Bertz CT molecular complexity index is 1160. The molecule has 0 bridgehead atoms. The molecule has 1 amide bonds. The number of carbonyl (C=O) groups excluding carboxylic acids is 1. The number of carbonyl (C=O) groups is 1. The van der Waals surface area contributed by atoms with E-state index in [1.54, 1.807) is 11.3 Å². The second-order valence-electron chi connectivity index (χ2n) is 6.10. The number of nitrogens with one attached hydrogen (secondary N) is 2. The number of anilines is 1. The van der Waals surface area contributed by atoms with Crippen LogP contribution in [0.1, 0.15) is 12.0 Å². The molecule has 0 saturated carbocycles. The summed E-state index contributed by atoms with van der Waals surface area (Å²) in [4.78, 5) is 12.4. The minimum Gasteiger partial charge on any atom is -0.300 e. The summed E-state index contributed by atoms with van der Waals surface area (Å²) in [5.41, 5.74) is 3.10. The van der Waals surface area contributed by atoms with Gasteiger partial charge >= 0.3 is 0 Å². The predicted molar refractivity (Wildman–Crippen MR) is 114 cm³/mol. The highest BCUT2D eigenvalue weighted by molar-refractivity contribution is 7.71. The lowest BCUT2D eigenvalue weighted by atomic mass is 10.1. The van der Waals surface area contributed by atoms with Crippen molar-refractivity contribution in [2.24, 2.45) is 0 Å². The molecule has 2 N–H and O–H groups in total. The van der Waals surface area contributed by atoms with Crippen molar-refractivity contribution >= 4 is 45.9 Å². The second-order valence-corrected chi connectivity index (χ2v) is 8.24. The van der Waals surface area contributed by atoms with Crippen LogP contribution in [-0.4, -0.2) is 30.9 Å². The Morgan fingerprint density at radius 3 is 2.96 bits per heavy atom. The lowest BCUT2D eigenvalue weighted by molar-refractivity contribution is -0.116. The summed E-state index contributed by atoms with van der Waals surface area (Å²) in [5.74, 6) is 0.573. The number of H-pyrrole nitrogens is 1. The van der Waals surface area contributed by atoms with Crippen LogP contribution in [0, 0.1) is 11.7 Å². The van der Waals surface area contributed by atoms with Crippen molar-refractivity contribution in [3.05, 3.63) is 51.4 Å². The number of aromatic nitrogens is 5. The van der Waals surface area contributed by atoms with Gasteiger partial charge in [-0.2, -0.15) is 16.4 Å². The van der Waals surface area contributed by atoms with Crippen LogP contribution in [0.25, 0.3) is 22.0 Å². The zero-order valence-electron chi connectivity index (χ0n) is 14.9. The molecule has 4 aromatic rings. The van der Waals surface area contributed by atoms with Crippen molar-refractivity contribution in [1.82, 2.24) is 25.0 Å². The van der Waals surface area contributed by atoms with E-state index in [0.29, 0.717) is 16.4 Å². The van der Waals surface area contributed by atoms with E-state index >= 15 is 0 Å². The molecule has 0 radical (unpaired) electrons. The molecule has 0 atom stereocenters. The largest absolute Gasteiger partial charge is 0.300 e. The zero-order chi connectivity index (χ0) is 19.5. The molecule has 0 unspecified atom stereocenters.